The van der Waals surface area contributed by atoms with Gasteiger partial charge in [-0.05, 0) is 53.2 Å². The van der Waals surface area contributed by atoms with Gasteiger partial charge in [0.05, 0.1) is 16.8 Å². The van der Waals surface area contributed by atoms with E-state index in [1.165, 1.54) is 12.1 Å². The standard InChI is InChI=1S/C15H12Br2FNO2/c1-2-21-14-12(17)7-11(18)8-13(14)19-15(20)9-3-5-10(16)6-4-9/h3-8H,2H2,1H3,(H,19,20). The number of hydrogen-bond donors (Lipinski definition) is 1. The Morgan fingerprint density at radius 3 is 2.52 bits per heavy atom. The minimum Gasteiger partial charge on any atom is -0.491 e. The second kappa shape index (κ2) is 7.04. The monoisotopic (exact) mass is 415 g/mol. The Labute approximate surface area is 138 Å². The summed E-state index contributed by atoms with van der Waals surface area (Å²) in [5, 5.41) is 2.66. The third kappa shape index (κ3) is 4.04. The zero-order valence-electron chi connectivity index (χ0n) is 11.1. The van der Waals surface area contributed by atoms with Gasteiger partial charge in [0, 0.05) is 16.1 Å². The highest BCUT2D eigenvalue weighted by Gasteiger charge is 2.14. The lowest BCUT2D eigenvalue weighted by Gasteiger charge is -2.13. The quantitative estimate of drug-likeness (QED) is 0.761. The molecule has 1 N–H and O–H groups in total. The molecule has 2 rings (SSSR count). The van der Waals surface area contributed by atoms with Crippen LogP contribution in [-0.4, -0.2) is 12.5 Å². The Morgan fingerprint density at radius 1 is 1.24 bits per heavy atom. The normalized spacial score (nSPS) is 10.3. The van der Waals surface area contributed by atoms with E-state index >= 15 is 0 Å². The van der Waals surface area contributed by atoms with Gasteiger partial charge in [-0.3, -0.25) is 4.79 Å². The minimum atomic E-state index is -0.462. The SMILES string of the molecule is CCOc1c(Br)cc(F)cc1NC(=O)c1ccc(Br)cc1. The number of rotatable bonds is 4. The van der Waals surface area contributed by atoms with Gasteiger partial charge in [0.2, 0.25) is 0 Å². The van der Waals surface area contributed by atoms with E-state index < -0.39 is 5.82 Å². The minimum absolute atomic E-state index is 0.289. The van der Waals surface area contributed by atoms with Gasteiger partial charge in [-0.1, -0.05) is 15.9 Å². The van der Waals surface area contributed by atoms with Crippen LogP contribution in [0.5, 0.6) is 5.75 Å². The van der Waals surface area contributed by atoms with Gasteiger partial charge in [-0.15, -0.1) is 0 Å². The molecule has 0 unspecified atom stereocenters. The van der Waals surface area contributed by atoms with E-state index in [2.05, 4.69) is 37.2 Å². The molecule has 0 bridgehead atoms. The summed E-state index contributed by atoms with van der Waals surface area (Å²) in [5.41, 5.74) is 0.762. The molecule has 110 valence electrons. The largest absolute Gasteiger partial charge is 0.491 e. The van der Waals surface area contributed by atoms with Crippen LogP contribution >= 0.6 is 31.9 Å². The number of nitrogens with one attached hydrogen (secondary N) is 1. The van der Waals surface area contributed by atoms with Crippen molar-refractivity contribution in [2.24, 2.45) is 0 Å². The molecule has 0 aliphatic carbocycles. The Balaban J connectivity index is 2.29. The highest BCUT2D eigenvalue weighted by atomic mass is 79.9. The number of benzene rings is 2. The lowest BCUT2D eigenvalue weighted by Crippen LogP contribution is -2.13. The number of halogens is 3. The molecule has 0 aliphatic rings. The van der Waals surface area contributed by atoms with Gasteiger partial charge in [0.25, 0.3) is 5.91 Å². The van der Waals surface area contributed by atoms with Crippen molar-refractivity contribution in [1.29, 1.82) is 0 Å². The summed E-state index contributed by atoms with van der Waals surface area (Å²) in [5.74, 6) is -0.387. The maximum Gasteiger partial charge on any atom is 0.255 e. The van der Waals surface area contributed by atoms with Crippen LogP contribution < -0.4 is 10.1 Å². The van der Waals surface area contributed by atoms with Crippen molar-refractivity contribution in [2.45, 2.75) is 6.92 Å². The van der Waals surface area contributed by atoms with Crippen molar-refractivity contribution in [1.82, 2.24) is 0 Å². The number of ether oxygens (including phenoxy) is 1. The second-order valence-corrected chi connectivity index (χ2v) is 5.93. The van der Waals surface area contributed by atoms with Crippen LogP contribution in [0.3, 0.4) is 0 Å². The maximum absolute atomic E-state index is 13.5. The fourth-order valence-electron chi connectivity index (χ4n) is 1.74. The molecular weight excluding hydrogens is 405 g/mol. The van der Waals surface area contributed by atoms with Crippen molar-refractivity contribution in [3.8, 4) is 5.75 Å². The zero-order valence-corrected chi connectivity index (χ0v) is 14.3. The highest BCUT2D eigenvalue weighted by Crippen LogP contribution is 2.34. The van der Waals surface area contributed by atoms with Crippen molar-refractivity contribution in [3.05, 3.63) is 56.7 Å². The fraction of sp³-hybridized carbons (Fsp3) is 0.133. The molecule has 0 spiro atoms. The molecule has 2 aromatic carbocycles. The number of carbonyl (C=O) groups is 1. The molecule has 0 atom stereocenters. The van der Waals surface area contributed by atoms with E-state index in [4.69, 9.17) is 4.74 Å². The van der Waals surface area contributed by atoms with E-state index in [-0.39, 0.29) is 11.6 Å². The lowest BCUT2D eigenvalue weighted by atomic mass is 10.2. The van der Waals surface area contributed by atoms with Crippen molar-refractivity contribution in [2.75, 3.05) is 11.9 Å². The first-order valence-corrected chi connectivity index (χ1v) is 7.78. The van der Waals surface area contributed by atoms with Gasteiger partial charge in [-0.2, -0.15) is 0 Å². The van der Waals surface area contributed by atoms with Gasteiger partial charge >= 0.3 is 0 Å². The Morgan fingerprint density at radius 2 is 1.90 bits per heavy atom. The molecule has 0 aliphatic heterocycles. The summed E-state index contributed by atoms with van der Waals surface area (Å²) in [6.07, 6.45) is 0. The van der Waals surface area contributed by atoms with Gasteiger partial charge in [0.1, 0.15) is 5.82 Å². The average Bonchev–Trinajstić information content (AvgIpc) is 2.43. The predicted molar refractivity (Wildman–Crippen MR) is 87.4 cm³/mol. The molecule has 0 aromatic heterocycles. The number of anilines is 1. The molecule has 3 nitrogen and oxygen atoms in total. The van der Waals surface area contributed by atoms with E-state index in [0.29, 0.717) is 22.4 Å². The first kappa shape index (κ1) is 16.0. The molecule has 0 fully saturated rings. The van der Waals surface area contributed by atoms with Gasteiger partial charge < -0.3 is 10.1 Å². The van der Waals surface area contributed by atoms with Gasteiger partial charge in [-0.25, -0.2) is 4.39 Å². The van der Waals surface area contributed by atoms with Crippen LogP contribution in [0.25, 0.3) is 0 Å². The third-order valence-corrected chi connectivity index (χ3v) is 3.77. The van der Waals surface area contributed by atoms with Crippen LogP contribution in [0, 0.1) is 5.82 Å². The van der Waals surface area contributed by atoms with E-state index in [0.717, 1.165) is 4.47 Å². The third-order valence-electron chi connectivity index (χ3n) is 2.65. The van der Waals surface area contributed by atoms with E-state index in [1.807, 2.05) is 6.92 Å². The van der Waals surface area contributed by atoms with Crippen molar-refractivity contribution in [3.63, 3.8) is 0 Å². The summed E-state index contributed by atoms with van der Waals surface area (Å²) < 4.78 is 20.3. The highest BCUT2D eigenvalue weighted by molar-refractivity contribution is 9.10. The first-order valence-electron chi connectivity index (χ1n) is 6.20. The first-order chi connectivity index (χ1) is 10.0. The maximum atomic E-state index is 13.5. The fourth-order valence-corrected chi connectivity index (χ4v) is 2.55. The molecule has 0 heterocycles. The molecular formula is C15H12Br2FNO2. The van der Waals surface area contributed by atoms with Crippen LogP contribution in [-0.2, 0) is 0 Å². The molecule has 6 heteroatoms. The summed E-state index contributed by atoms with van der Waals surface area (Å²) in [6, 6.07) is 9.40. The van der Waals surface area contributed by atoms with Crippen molar-refractivity contribution >= 4 is 43.5 Å². The predicted octanol–water partition coefficient (Wildman–Crippen LogP) is 5.00. The summed E-state index contributed by atoms with van der Waals surface area (Å²) in [7, 11) is 0. The Hall–Kier alpha value is -1.40. The van der Waals surface area contributed by atoms with Crippen LogP contribution in [0.2, 0.25) is 0 Å². The lowest BCUT2D eigenvalue weighted by molar-refractivity contribution is 0.102. The van der Waals surface area contributed by atoms with Crippen molar-refractivity contribution < 1.29 is 13.9 Å². The molecule has 0 saturated carbocycles. The van der Waals surface area contributed by atoms with E-state index in [1.54, 1.807) is 24.3 Å². The Kier molecular flexibility index (Phi) is 5.36. The Bertz CT molecular complexity index is 659. The summed E-state index contributed by atoms with van der Waals surface area (Å²) in [4.78, 5) is 12.2. The van der Waals surface area contributed by atoms with Crippen LogP contribution in [0.15, 0.2) is 45.3 Å². The van der Waals surface area contributed by atoms with Gasteiger partial charge in [0.15, 0.2) is 5.75 Å². The van der Waals surface area contributed by atoms with E-state index in [9.17, 15) is 9.18 Å². The molecule has 1 amide bonds. The average molecular weight is 417 g/mol. The summed E-state index contributed by atoms with van der Waals surface area (Å²) in [6.45, 7) is 2.22. The number of amides is 1. The topological polar surface area (TPSA) is 38.3 Å². The molecule has 0 radical (unpaired) electrons. The molecule has 21 heavy (non-hydrogen) atoms. The zero-order chi connectivity index (χ0) is 15.4. The number of carbonyl (C=O) groups excluding carboxylic acids is 1. The molecule has 0 saturated heterocycles. The smallest absolute Gasteiger partial charge is 0.255 e. The molecule has 2 aromatic rings. The van der Waals surface area contributed by atoms with Crippen LogP contribution in [0.4, 0.5) is 10.1 Å². The number of hydrogen-bond acceptors (Lipinski definition) is 2. The second-order valence-electron chi connectivity index (χ2n) is 4.16. The van der Waals surface area contributed by atoms with Crippen LogP contribution in [0.1, 0.15) is 17.3 Å². The summed E-state index contributed by atoms with van der Waals surface area (Å²) >= 11 is 6.54.